The largest absolute Gasteiger partial charge is 0.417 e. The van der Waals surface area contributed by atoms with Gasteiger partial charge in [0, 0.05) is 13.5 Å². The number of carbonyl (C=O) groups excluding carboxylic acids is 3. The van der Waals surface area contributed by atoms with Crippen LogP contribution in [0.1, 0.15) is 24.5 Å². The van der Waals surface area contributed by atoms with Gasteiger partial charge in [0.25, 0.3) is 5.91 Å². The van der Waals surface area contributed by atoms with Gasteiger partial charge in [0.05, 0.1) is 35.0 Å². The SMILES string of the molecule is CC(=O)N1CC2CC1C1C(=O)N(c3ccc(C#N)c(C(F)(F)F)c3)C(=O)N21. The number of hydrogen-bond donors (Lipinski definition) is 0. The van der Waals surface area contributed by atoms with Crippen molar-refractivity contribution in [2.24, 2.45) is 0 Å². The van der Waals surface area contributed by atoms with Gasteiger partial charge in [-0.3, -0.25) is 9.59 Å². The maximum Gasteiger partial charge on any atom is 0.417 e. The molecule has 2 bridgehead atoms. The minimum atomic E-state index is -4.80. The number of imide groups is 1. The van der Waals surface area contributed by atoms with Crippen LogP contribution < -0.4 is 4.90 Å². The predicted octanol–water partition coefficient (Wildman–Crippen LogP) is 1.72. The average Bonchev–Trinajstić information content (AvgIpc) is 3.25. The number of amides is 4. The van der Waals surface area contributed by atoms with Gasteiger partial charge in [0.1, 0.15) is 6.04 Å². The molecule has 10 heteroatoms. The quantitative estimate of drug-likeness (QED) is 0.697. The summed E-state index contributed by atoms with van der Waals surface area (Å²) < 4.78 is 39.6. The first kappa shape index (κ1) is 17.3. The molecule has 0 radical (unpaired) electrons. The Balaban J connectivity index is 1.73. The number of hydrogen-bond acceptors (Lipinski definition) is 4. The first-order chi connectivity index (χ1) is 12.6. The third-order valence-corrected chi connectivity index (χ3v) is 5.36. The van der Waals surface area contributed by atoms with Gasteiger partial charge in [0.15, 0.2) is 0 Å². The zero-order valence-corrected chi connectivity index (χ0v) is 14.0. The Labute approximate surface area is 151 Å². The van der Waals surface area contributed by atoms with E-state index in [1.54, 1.807) is 0 Å². The van der Waals surface area contributed by atoms with Gasteiger partial charge in [-0.05, 0) is 24.6 Å². The van der Waals surface area contributed by atoms with Crippen LogP contribution in [0.5, 0.6) is 0 Å². The third-order valence-electron chi connectivity index (χ3n) is 5.36. The Morgan fingerprint density at radius 2 is 2.00 bits per heavy atom. The molecular formula is C17H13F3N4O3. The number of nitrogens with zero attached hydrogens (tertiary/aromatic N) is 4. The minimum absolute atomic E-state index is 0.210. The molecule has 0 aliphatic carbocycles. The van der Waals surface area contributed by atoms with E-state index < -0.39 is 41.3 Å². The number of nitriles is 1. The van der Waals surface area contributed by atoms with Crippen molar-refractivity contribution in [3.8, 4) is 6.07 Å². The number of likely N-dealkylation sites (tertiary alicyclic amines) is 1. The van der Waals surface area contributed by atoms with Crippen molar-refractivity contribution < 1.29 is 27.6 Å². The van der Waals surface area contributed by atoms with Gasteiger partial charge in [-0.1, -0.05) is 0 Å². The number of halogens is 3. The molecule has 27 heavy (non-hydrogen) atoms. The molecule has 1 aromatic rings. The zero-order chi connectivity index (χ0) is 19.7. The Hall–Kier alpha value is -3.09. The van der Waals surface area contributed by atoms with Crippen LogP contribution in [0.2, 0.25) is 0 Å². The van der Waals surface area contributed by atoms with E-state index in [1.807, 2.05) is 0 Å². The van der Waals surface area contributed by atoms with E-state index in [2.05, 4.69) is 0 Å². The van der Waals surface area contributed by atoms with Gasteiger partial charge >= 0.3 is 12.2 Å². The Bertz CT molecular complexity index is 923. The first-order valence-electron chi connectivity index (χ1n) is 8.20. The van der Waals surface area contributed by atoms with E-state index in [0.717, 1.165) is 12.1 Å². The molecule has 0 spiro atoms. The van der Waals surface area contributed by atoms with E-state index in [9.17, 15) is 27.6 Å². The summed E-state index contributed by atoms with van der Waals surface area (Å²) >= 11 is 0. The number of benzene rings is 1. The molecule has 0 aromatic heterocycles. The van der Waals surface area contributed by atoms with Crippen molar-refractivity contribution in [3.05, 3.63) is 29.3 Å². The molecule has 3 saturated heterocycles. The molecule has 3 fully saturated rings. The summed E-state index contributed by atoms with van der Waals surface area (Å²) in [5, 5.41) is 8.89. The van der Waals surface area contributed by atoms with Crippen LogP contribution in [0.15, 0.2) is 18.2 Å². The summed E-state index contributed by atoms with van der Waals surface area (Å²) in [6.45, 7) is 1.69. The molecular weight excluding hydrogens is 365 g/mol. The highest BCUT2D eigenvalue weighted by Gasteiger charge is 2.62. The van der Waals surface area contributed by atoms with Gasteiger partial charge in [-0.25, -0.2) is 9.69 Å². The predicted molar refractivity (Wildman–Crippen MR) is 84.2 cm³/mol. The number of fused-ring (bicyclic) bond motifs is 5. The lowest BCUT2D eigenvalue weighted by molar-refractivity contribution is -0.138. The van der Waals surface area contributed by atoms with Crippen molar-refractivity contribution in [2.75, 3.05) is 11.4 Å². The van der Waals surface area contributed by atoms with Crippen LogP contribution in [0.3, 0.4) is 0 Å². The summed E-state index contributed by atoms with van der Waals surface area (Å²) in [5.41, 5.74) is -2.03. The smallest absolute Gasteiger partial charge is 0.335 e. The number of rotatable bonds is 1. The maximum atomic E-state index is 13.2. The highest BCUT2D eigenvalue weighted by molar-refractivity contribution is 6.22. The summed E-state index contributed by atoms with van der Waals surface area (Å²) in [5.74, 6) is -0.866. The maximum absolute atomic E-state index is 13.2. The van der Waals surface area contributed by atoms with Crippen LogP contribution >= 0.6 is 0 Å². The van der Waals surface area contributed by atoms with Gasteiger partial charge in [-0.15, -0.1) is 0 Å². The summed E-state index contributed by atoms with van der Waals surface area (Å²) in [6.07, 6.45) is -4.32. The average molecular weight is 378 g/mol. The molecule has 1 aromatic carbocycles. The lowest BCUT2D eigenvalue weighted by atomic mass is 10.1. The van der Waals surface area contributed by atoms with Gasteiger partial charge < -0.3 is 9.80 Å². The molecule has 4 rings (SSSR count). The third kappa shape index (κ3) is 2.31. The standard InChI is InChI=1S/C17H13F3N4O3/c1-8(25)22-7-11-5-13(22)14-15(26)24(16(27)23(11)14)10-3-2-9(6-21)12(4-10)17(18,19)20/h2-4,11,13-14H,5,7H2,1H3. The molecule has 140 valence electrons. The Morgan fingerprint density at radius 3 is 2.59 bits per heavy atom. The second-order valence-electron chi connectivity index (χ2n) is 6.78. The van der Waals surface area contributed by atoms with Crippen LogP contribution in [-0.4, -0.2) is 52.3 Å². The molecule has 0 N–H and O–H groups in total. The van der Waals surface area contributed by atoms with Crippen LogP contribution in [0, 0.1) is 11.3 Å². The summed E-state index contributed by atoms with van der Waals surface area (Å²) in [7, 11) is 0. The molecule has 3 aliphatic heterocycles. The summed E-state index contributed by atoms with van der Waals surface area (Å²) in [6, 6.07) is 1.82. The molecule has 3 heterocycles. The molecule has 3 aliphatic rings. The Morgan fingerprint density at radius 1 is 1.30 bits per heavy atom. The fourth-order valence-electron chi connectivity index (χ4n) is 4.26. The molecule has 3 unspecified atom stereocenters. The molecule has 0 saturated carbocycles. The van der Waals surface area contributed by atoms with E-state index in [-0.39, 0.29) is 17.6 Å². The molecule has 3 atom stereocenters. The monoisotopic (exact) mass is 378 g/mol. The van der Waals surface area contributed by atoms with Crippen molar-refractivity contribution >= 4 is 23.5 Å². The fraction of sp³-hybridized carbons (Fsp3) is 0.412. The van der Waals surface area contributed by atoms with Crippen molar-refractivity contribution in [1.82, 2.24) is 9.80 Å². The van der Waals surface area contributed by atoms with Crippen molar-refractivity contribution in [2.45, 2.75) is 37.6 Å². The summed E-state index contributed by atoms with van der Waals surface area (Å²) in [4.78, 5) is 40.9. The van der Waals surface area contributed by atoms with Crippen molar-refractivity contribution in [3.63, 3.8) is 0 Å². The van der Waals surface area contributed by atoms with E-state index in [0.29, 0.717) is 23.9 Å². The second-order valence-corrected chi connectivity index (χ2v) is 6.78. The number of piperazine rings is 1. The second kappa shape index (κ2) is 5.45. The van der Waals surface area contributed by atoms with Crippen molar-refractivity contribution in [1.29, 1.82) is 5.26 Å². The number of alkyl halides is 3. The van der Waals surface area contributed by atoms with Crippen LogP contribution in [-0.2, 0) is 15.8 Å². The normalized spacial score (nSPS) is 26.6. The van der Waals surface area contributed by atoms with Crippen LogP contribution in [0.4, 0.5) is 23.7 Å². The van der Waals surface area contributed by atoms with E-state index in [1.165, 1.54) is 22.8 Å². The van der Waals surface area contributed by atoms with E-state index in [4.69, 9.17) is 5.26 Å². The van der Waals surface area contributed by atoms with E-state index >= 15 is 0 Å². The topological polar surface area (TPSA) is 84.7 Å². The fourth-order valence-corrected chi connectivity index (χ4v) is 4.26. The molecule has 4 amide bonds. The number of anilines is 1. The molecule has 7 nitrogen and oxygen atoms in total. The lowest BCUT2D eigenvalue weighted by Gasteiger charge is -2.34. The minimum Gasteiger partial charge on any atom is -0.335 e. The number of urea groups is 1. The highest BCUT2D eigenvalue weighted by Crippen LogP contribution is 2.43. The number of carbonyl (C=O) groups is 3. The highest BCUT2D eigenvalue weighted by atomic mass is 19.4. The lowest BCUT2D eigenvalue weighted by Crippen LogP contribution is -2.54. The zero-order valence-electron chi connectivity index (χ0n) is 14.0. The van der Waals surface area contributed by atoms with Gasteiger partial charge in [0.2, 0.25) is 5.91 Å². The van der Waals surface area contributed by atoms with Crippen LogP contribution in [0.25, 0.3) is 0 Å². The van der Waals surface area contributed by atoms with Gasteiger partial charge in [-0.2, -0.15) is 18.4 Å². The Kier molecular flexibility index (Phi) is 3.50. The first-order valence-corrected chi connectivity index (χ1v) is 8.20.